The lowest BCUT2D eigenvalue weighted by Gasteiger charge is -2.36. The van der Waals surface area contributed by atoms with Gasteiger partial charge in [0.2, 0.25) is 0 Å². The Morgan fingerprint density at radius 3 is 2.44 bits per heavy atom. The number of ether oxygens (including phenoxy) is 1. The van der Waals surface area contributed by atoms with Crippen LogP contribution in [0.2, 0.25) is 5.02 Å². The number of thiophene rings is 1. The highest BCUT2D eigenvalue weighted by molar-refractivity contribution is 7.21. The monoisotopic (exact) mass is 482 g/mol. The molecule has 3 aromatic rings. The van der Waals surface area contributed by atoms with Gasteiger partial charge in [-0.1, -0.05) is 35.9 Å². The van der Waals surface area contributed by atoms with Crippen molar-refractivity contribution in [3.63, 3.8) is 0 Å². The number of amides is 1. The summed E-state index contributed by atoms with van der Waals surface area (Å²) in [6, 6.07) is 12.4. The summed E-state index contributed by atoms with van der Waals surface area (Å²) in [5, 5.41) is 1.06. The van der Waals surface area contributed by atoms with Crippen LogP contribution >= 0.6 is 22.9 Å². The molecule has 1 saturated heterocycles. The molecule has 1 fully saturated rings. The molecule has 0 bridgehead atoms. The minimum Gasteiger partial charge on any atom is -0.451 e. The Morgan fingerprint density at radius 1 is 1.03 bits per heavy atom. The number of esters is 1. The van der Waals surface area contributed by atoms with E-state index in [0.717, 1.165) is 22.2 Å². The molecule has 0 radical (unpaired) electrons. The van der Waals surface area contributed by atoms with Gasteiger partial charge in [-0.3, -0.25) is 4.79 Å². The van der Waals surface area contributed by atoms with Crippen molar-refractivity contribution in [2.24, 2.45) is 0 Å². The molecular weight excluding hydrogens is 465 g/mol. The molecule has 32 heavy (non-hydrogen) atoms. The summed E-state index contributed by atoms with van der Waals surface area (Å²) in [6.45, 7) is 0.964. The van der Waals surface area contributed by atoms with E-state index in [-0.39, 0.29) is 10.8 Å². The number of carbonyl (C=O) groups excluding carboxylic acids is 2. The Morgan fingerprint density at radius 2 is 1.75 bits per heavy atom. The van der Waals surface area contributed by atoms with E-state index in [1.165, 1.54) is 22.3 Å². The summed E-state index contributed by atoms with van der Waals surface area (Å²) in [4.78, 5) is 28.4. The quantitative estimate of drug-likeness (QED) is 0.487. The van der Waals surface area contributed by atoms with Crippen molar-refractivity contribution in [1.82, 2.24) is 4.90 Å². The highest BCUT2D eigenvalue weighted by Gasteiger charge is 2.31. The summed E-state index contributed by atoms with van der Waals surface area (Å²) in [7, 11) is 0. The van der Waals surface area contributed by atoms with Gasteiger partial charge in [-0.05, 0) is 24.3 Å². The average molecular weight is 483 g/mol. The number of halogens is 4. The number of nitrogens with zero attached hydrogens (tertiary/aromatic N) is 2. The van der Waals surface area contributed by atoms with Crippen molar-refractivity contribution in [3.8, 4) is 0 Å². The van der Waals surface area contributed by atoms with E-state index < -0.39 is 24.3 Å². The fourth-order valence-electron chi connectivity index (χ4n) is 3.52. The van der Waals surface area contributed by atoms with Crippen molar-refractivity contribution < 1.29 is 27.5 Å². The lowest BCUT2D eigenvalue weighted by molar-refractivity contribution is -0.137. The van der Waals surface area contributed by atoms with Crippen molar-refractivity contribution in [3.05, 3.63) is 64.0 Å². The van der Waals surface area contributed by atoms with Gasteiger partial charge in [0, 0.05) is 42.0 Å². The van der Waals surface area contributed by atoms with Gasteiger partial charge >= 0.3 is 12.1 Å². The van der Waals surface area contributed by atoms with Gasteiger partial charge in [0.1, 0.15) is 4.88 Å². The largest absolute Gasteiger partial charge is 0.451 e. The number of carbonyl (C=O) groups is 2. The first-order chi connectivity index (χ1) is 15.2. The van der Waals surface area contributed by atoms with Crippen molar-refractivity contribution >= 4 is 50.6 Å². The van der Waals surface area contributed by atoms with Gasteiger partial charge in [-0.2, -0.15) is 13.2 Å². The second kappa shape index (κ2) is 8.99. The fraction of sp³-hybridized carbons (Fsp3) is 0.273. The molecule has 0 N–H and O–H groups in total. The molecule has 4 rings (SSSR count). The van der Waals surface area contributed by atoms with Gasteiger partial charge < -0.3 is 14.5 Å². The summed E-state index contributed by atoms with van der Waals surface area (Å²) < 4.78 is 44.8. The van der Waals surface area contributed by atoms with Gasteiger partial charge in [-0.25, -0.2) is 4.79 Å². The second-order valence-corrected chi connectivity index (χ2v) is 8.66. The third-order valence-corrected chi connectivity index (χ3v) is 6.87. The maximum atomic E-state index is 12.9. The zero-order valence-corrected chi connectivity index (χ0v) is 18.3. The fourth-order valence-corrected chi connectivity index (χ4v) is 4.92. The first-order valence-corrected chi connectivity index (χ1v) is 11.0. The molecule has 0 aliphatic carbocycles. The summed E-state index contributed by atoms with van der Waals surface area (Å²) in [6.07, 6.45) is -4.41. The molecule has 0 atom stereocenters. The molecule has 0 saturated carbocycles. The Kier molecular flexibility index (Phi) is 6.30. The SMILES string of the molecule is O=C(OCC(=O)N1CCN(c2cccc(C(F)(F)F)c2)CC1)c1sc2ccccc2c1Cl. The maximum absolute atomic E-state index is 12.9. The maximum Gasteiger partial charge on any atom is 0.416 e. The van der Waals surface area contributed by atoms with Crippen molar-refractivity contribution in [2.45, 2.75) is 6.18 Å². The number of alkyl halides is 3. The van der Waals surface area contributed by atoms with Crippen LogP contribution in [0.25, 0.3) is 10.1 Å². The van der Waals surface area contributed by atoms with Crippen molar-refractivity contribution in [1.29, 1.82) is 0 Å². The van der Waals surface area contributed by atoms with Gasteiger partial charge in [0.05, 0.1) is 10.6 Å². The molecule has 0 unspecified atom stereocenters. The molecule has 5 nitrogen and oxygen atoms in total. The zero-order chi connectivity index (χ0) is 22.9. The first-order valence-electron chi connectivity index (χ1n) is 9.78. The third-order valence-electron chi connectivity index (χ3n) is 5.22. The predicted molar refractivity (Wildman–Crippen MR) is 117 cm³/mol. The van der Waals surface area contributed by atoms with Gasteiger partial charge in [0.25, 0.3) is 5.91 Å². The lowest BCUT2D eigenvalue weighted by Crippen LogP contribution is -2.50. The van der Waals surface area contributed by atoms with E-state index in [2.05, 4.69) is 0 Å². The summed E-state index contributed by atoms with van der Waals surface area (Å²) in [5.41, 5.74) is -0.252. The van der Waals surface area contributed by atoms with E-state index in [1.807, 2.05) is 18.2 Å². The molecular formula is C22H18ClF3N2O3S. The number of fused-ring (bicyclic) bond motifs is 1. The smallest absolute Gasteiger partial charge is 0.416 e. The normalized spacial score (nSPS) is 14.6. The van der Waals surface area contributed by atoms with Crippen LogP contribution < -0.4 is 4.90 Å². The van der Waals surface area contributed by atoms with Crippen LogP contribution in [0.3, 0.4) is 0 Å². The minimum absolute atomic E-state index is 0.245. The van der Waals surface area contributed by atoms with Gasteiger partial charge in [0.15, 0.2) is 6.61 Å². The van der Waals surface area contributed by atoms with Crippen LogP contribution in [0.5, 0.6) is 0 Å². The molecule has 0 spiro atoms. The zero-order valence-electron chi connectivity index (χ0n) is 16.7. The van der Waals surface area contributed by atoms with Gasteiger partial charge in [-0.15, -0.1) is 11.3 Å². The molecule has 10 heteroatoms. The lowest BCUT2D eigenvalue weighted by atomic mass is 10.1. The standard InChI is InChI=1S/C22H18ClF3N2O3S/c23-19-16-6-1-2-7-17(16)32-20(19)21(30)31-13-18(29)28-10-8-27(9-11-28)15-5-3-4-14(12-15)22(24,25)26/h1-7,12H,8-11,13H2. The molecule has 1 aromatic heterocycles. The average Bonchev–Trinajstić information content (AvgIpc) is 3.13. The predicted octanol–water partition coefficient (Wildman–Crippen LogP) is 5.08. The molecule has 1 aliphatic rings. The molecule has 1 amide bonds. The molecule has 2 aromatic carbocycles. The Labute approximate surface area is 190 Å². The summed E-state index contributed by atoms with van der Waals surface area (Å²) >= 11 is 7.47. The van der Waals surface area contributed by atoms with E-state index in [9.17, 15) is 22.8 Å². The van der Waals surface area contributed by atoms with E-state index >= 15 is 0 Å². The number of anilines is 1. The van der Waals surface area contributed by atoms with E-state index in [0.29, 0.717) is 36.9 Å². The van der Waals surface area contributed by atoms with E-state index in [1.54, 1.807) is 17.0 Å². The van der Waals surface area contributed by atoms with Crippen LogP contribution in [-0.2, 0) is 15.7 Å². The van der Waals surface area contributed by atoms with Crippen molar-refractivity contribution in [2.75, 3.05) is 37.7 Å². The highest BCUT2D eigenvalue weighted by Crippen LogP contribution is 2.35. The second-order valence-electron chi connectivity index (χ2n) is 7.23. The van der Waals surface area contributed by atoms with Crippen LogP contribution in [0.15, 0.2) is 48.5 Å². The third kappa shape index (κ3) is 4.68. The summed E-state index contributed by atoms with van der Waals surface area (Å²) in [5.74, 6) is -1.02. The number of hydrogen-bond donors (Lipinski definition) is 0. The first kappa shape index (κ1) is 22.4. The molecule has 168 valence electrons. The number of rotatable bonds is 4. The highest BCUT2D eigenvalue weighted by atomic mass is 35.5. The Balaban J connectivity index is 1.32. The number of piperazine rings is 1. The Hall–Kier alpha value is -2.78. The van der Waals surface area contributed by atoms with Crippen LogP contribution in [0.1, 0.15) is 15.2 Å². The topological polar surface area (TPSA) is 49.9 Å². The van der Waals surface area contributed by atoms with Crippen LogP contribution in [0, 0.1) is 0 Å². The molecule has 1 aliphatic heterocycles. The Bertz CT molecular complexity index is 1160. The van der Waals surface area contributed by atoms with E-state index in [4.69, 9.17) is 16.3 Å². The minimum atomic E-state index is -4.41. The molecule has 2 heterocycles. The van der Waals surface area contributed by atoms with Crippen LogP contribution in [-0.4, -0.2) is 49.6 Å². The number of hydrogen-bond acceptors (Lipinski definition) is 5. The van der Waals surface area contributed by atoms with Crippen LogP contribution in [0.4, 0.5) is 18.9 Å². The number of benzene rings is 2.